The van der Waals surface area contributed by atoms with Crippen LogP contribution in [0, 0.1) is 0 Å². The molecule has 8 heteroatoms. The first kappa shape index (κ1) is 20.4. The van der Waals surface area contributed by atoms with E-state index in [1.165, 1.54) is 7.11 Å². The molecular weight excluding hydrogens is 392 g/mol. The highest BCUT2D eigenvalue weighted by atomic mass is 35.5. The summed E-state index contributed by atoms with van der Waals surface area (Å²) in [4.78, 5) is 24.2. The number of esters is 1. The summed E-state index contributed by atoms with van der Waals surface area (Å²) in [6.45, 7) is 0.284. The minimum atomic E-state index is -0.608. The number of aromatic nitrogens is 2. The van der Waals surface area contributed by atoms with Crippen molar-refractivity contribution in [2.45, 2.75) is 19.0 Å². The molecular formula is C21H21ClN4O3. The van der Waals surface area contributed by atoms with Crippen LogP contribution in [0.3, 0.4) is 0 Å². The van der Waals surface area contributed by atoms with Crippen molar-refractivity contribution >= 4 is 23.6 Å². The van der Waals surface area contributed by atoms with Crippen LogP contribution in [-0.4, -0.2) is 28.9 Å². The summed E-state index contributed by atoms with van der Waals surface area (Å²) in [5.74, 6) is -0.445. The standard InChI is InChI=1S/C21H21ClN4O3/c1-29-20(27)11-19(17-9-5-6-10-18(17)22)25-21(28)23-12-15-13-24-26(14-15)16-7-3-2-4-8-16/h2-10,13-14,19H,11-12H2,1H3,(H2,23,25,28). The van der Waals surface area contributed by atoms with Crippen LogP contribution in [0.2, 0.25) is 5.02 Å². The molecule has 1 unspecified atom stereocenters. The van der Waals surface area contributed by atoms with E-state index in [9.17, 15) is 9.59 Å². The SMILES string of the molecule is COC(=O)CC(NC(=O)NCc1cnn(-c2ccccc2)c1)c1ccccc1Cl. The van der Waals surface area contributed by atoms with Crippen molar-refractivity contribution in [3.05, 3.63) is 83.1 Å². The minimum Gasteiger partial charge on any atom is -0.469 e. The number of benzene rings is 2. The minimum absolute atomic E-state index is 0.0282. The van der Waals surface area contributed by atoms with Gasteiger partial charge in [0.2, 0.25) is 0 Å². The first-order chi connectivity index (χ1) is 14.1. The lowest BCUT2D eigenvalue weighted by molar-refractivity contribution is -0.141. The molecule has 0 bridgehead atoms. The van der Waals surface area contributed by atoms with Gasteiger partial charge in [-0.1, -0.05) is 48.0 Å². The van der Waals surface area contributed by atoms with Crippen LogP contribution in [0.25, 0.3) is 5.69 Å². The largest absolute Gasteiger partial charge is 0.469 e. The van der Waals surface area contributed by atoms with Gasteiger partial charge in [-0.25, -0.2) is 9.48 Å². The first-order valence-electron chi connectivity index (χ1n) is 9.01. The Hall–Kier alpha value is -3.32. The number of halogens is 1. The van der Waals surface area contributed by atoms with E-state index in [-0.39, 0.29) is 13.0 Å². The highest BCUT2D eigenvalue weighted by Crippen LogP contribution is 2.25. The molecule has 0 aliphatic rings. The van der Waals surface area contributed by atoms with Gasteiger partial charge in [-0.3, -0.25) is 4.79 Å². The monoisotopic (exact) mass is 412 g/mol. The van der Waals surface area contributed by atoms with Gasteiger partial charge in [0, 0.05) is 23.3 Å². The molecule has 2 N–H and O–H groups in total. The van der Waals surface area contributed by atoms with Crippen LogP contribution in [0.4, 0.5) is 4.79 Å². The van der Waals surface area contributed by atoms with Gasteiger partial charge < -0.3 is 15.4 Å². The number of para-hydroxylation sites is 1. The maximum atomic E-state index is 12.4. The summed E-state index contributed by atoms with van der Waals surface area (Å²) in [6.07, 6.45) is 3.50. The van der Waals surface area contributed by atoms with Gasteiger partial charge in [-0.2, -0.15) is 5.10 Å². The maximum Gasteiger partial charge on any atom is 0.315 e. The van der Waals surface area contributed by atoms with Gasteiger partial charge >= 0.3 is 12.0 Å². The van der Waals surface area contributed by atoms with Crippen molar-refractivity contribution in [1.29, 1.82) is 0 Å². The molecule has 0 aliphatic carbocycles. The second-order valence-electron chi connectivity index (χ2n) is 6.31. The van der Waals surface area contributed by atoms with Gasteiger partial charge in [-0.15, -0.1) is 0 Å². The average molecular weight is 413 g/mol. The zero-order chi connectivity index (χ0) is 20.6. The van der Waals surface area contributed by atoms with E-state index in [2.05, 4.69) is 15.7 Å². The fourth-order valence-corrected chi connectivity index (χ4v) is 3.08. The van der Waals surface area contributed by atoms with E-state index in [4.69, 9.17) is 16.3 Å². The molecule has 7 nitrogen and oxygen atoms in total. The van der Waals surface area contributed by atoms with Crippen molar-refractivity contribution in [1.82, 2.24) is 20.4 Å². The number of amides is 2. The molecule has 2 amide bonds. The van der Waals surface area contributed by atoms with Crippen LogP contribution in [0.15, 0.2) is 67.0 Å². The molecule has 3 aromatic rings. The number of nitrogens with one attached hydrogen (secondary N) is 2. The number of ether oxygens (including phenoxy) is 1. The van der Waals surface area contributed by atoms with Crippen molar-refractivity contribution in [2.75, 3.05) is 7.11 Å². The van der Waals surface area contributed by atoms with Crippen molar-refractivity contribution in [3.63, 3.8) is 0 Å². The first-order valence-corrected chi connectivity index (χ1v) is 9.39. The molecule has 0 radical (unpaired) electrons. The van der Waals surface area contributed by atoms with Gasteiger partial charge in [0.05, 0.1) is 31.5 Å². The lowest BCUT2D eigenvalue weighted by Gasteiger charge is -2.19. The van der Waals surface area contributed by atoms with Crippen LogP contribution < -0.4 is 10.6 Å². The summed E-state index contributed by atoms with van der Waals surface area (Å²) in [5.41, 5.74) is 2.41. The van der Waals surface area contributed by atoms with E-state index < -0.39 is 18.0 Å². The van der Waals surface area contributed by atoms with Crippen LogP contribution in [-0.2, 0) is 16.1 Å². The fourth-order valence-electron chi connectivity index (χ4n) is 2.81. The van der Waals surface area contributed by atoms with Gasteiger partial charge in [0.25, 0.3) is 0 Å². The predicted octanol–water partition coefficient (Wildman–Crippen LogP) is 3.63. The summed E-state index contributed by atoms with van der Waals surface area (Å²) in [6, 6.07) is 15.7. The molecule has 0 aliphatic heterocycles. The Bertz CT molecular complexity index is 975. The number of hydrogen-bond acceptors (Lipinski definition) is 4. The molecule has 29 heavy (non-hydrogen) atoms. The number of carbonyl (C=O) groups excluding carboxylic acids is 2. The van der Waals surface area contributed by atoms with E-state index in [0.717, 1.165) is 11.3 Å². The van der Waals surface area contributed by atoms with Crippen molar-refractivity contribution < 1.29 is 14.3 Å². The number of hydrogen-bond donors (Lipinski definition) is 2. The number of carbonyl (C=O) groups is 2. The molecule has 1 aromatic heterocycles. The molecule has 2 aromatic carbocycles. The quantitative estimate of drug-likeness (QED) is 0.580. The molecule has 3 rings (SSSR count). The number of urea groups is 1. The van der Waals surface area contributed by atoms with Crippen molar-refractivity contribution in [2.24, 2.45) is 0 Å². The maximum absolute atomic E-state index is 12.4. The second kappa shape index (κ2) is 9.75. The normalized spacial score (nSPS) is 11.5. The molecule has 150 valence electrons. The molecule has 0 fully saturated rings. The second-order valence-corrected chi connectivity index (χ2v) is 6.72. The summed E-state index contributed by atoms with van der Waals surface area (Å²) < 4.78 is 6.47. The van der Waals surface area contributed by atoms with Gasteiger partial charge in [0.1, 0.15) is 0 Å². The van der Waals surface area contributed by atoms with Gasteiger partial charge in [0.15, 0.2) is 0 Å². The lowest BCUT2D eigenvalue weighted by atomic mass is 10.0. The zero-order valence-corrected chi connectivity index (χ0v) is 16.6. The van der Waals surface area contributed by atoms with E-state index in [1.54, 1.807) is 35.1 Å². The Morgan fingerprint density at radius 2 is 1.86 bits per heavy atom. The number of nitrogens with zero attached hydrogens (tertiary/aromatic N) is 2. The molecule has 0 saturated heterocycles. The van der Waals surface area contributed by atoms with Crippen LogP contribution >= 0.6 is 11.6 Å². The Labute approximate surface area is 173 Å². The third-order valence-corrected chi connectivity index (χ3v) is 4.64. The highest BCUT2D eigenvalue weighted by Gasteiger charge is 2.21. The van der Waals surface area contributed by atoms with E-state index in [1.807, 2.05) is 36.5 Å². The summed E-state index contributed by atoms with van der Waals surface area (Å²) in [5, 5.41) is 10.3. The Kier molecular flexibility index (Phi) is 6.86. The van der Waals surface area contributed by atoms with Crippen LogP contribution in [0.1, 0.15) is 23.6 Å². The highest BCUT2D eigenvalue weighted by molar-refractivity contribution is 6.31. The van der Waals surface area contributed by atoms with Gasteiger partial charge in [-0.05, 0) is 23.8 Å². The Balaban J connectivity index is 1.62. The molecule has 0 saturated carbocycles. The number of rotatable bonds is 7. The van der Waals surface area contributed by atoms with E-state index >= 15 is 0 Å². The summed E-state index contributed by atoms with van der Waals surface area (Å²) >= 11 is 6.23. The van der Waals surface area contributed by atoms with E-state index in [0.29, 0.717) is 10.6 Å². The summed E-state index contributed by atoms with van der Waals surface area (Å²) in [7, 11) is 1.30. The molecule has 0 spiro atoms. The Morgan fingerprint density at radius 1 is 1.14 bits per heavy atom. The molecule has 1 atom stereocenters. The lowest BCUT2D eigenvalue weighted by Crippen LogP contribution is -2.38. The Morgan fingerprint density at radius 3 is 2.59 bits per heavy atom. The third kappa shape index (κ3) is 5.58. The number of methoxy groups -OCH3 is 1. The molecule has 1 heterocycles. The van der Waals surface area contributed by atoms with Crippen LogP contribution in [0.5, 0.6) is 0 Å². The smallest absolute Gasteiger partial charge is 0.315 e. The third-order valence-electron chi connectivity index (χ3n) is 4.29. The zero-order valence-electron chi connectivity index (χ0n) is 15.8. The predicted molar refractivity (Wildman–Crippen MR) is 110 cm³/mol. The fraction of sp³-hybridized carbons (Fsp3) is 0.190. The average Bonchev–Trinajstić information content (AvgIpc) is 3.22. The van der Waals surface area contributed by atoms with Crippen molar-refractivity contribution in [3.8, 4) is 5.69 Å². The topological polar surface area (TPSA) is 85.2 Å².